The zero-order valence-electron chi connectivity index (χ0n) is 9.93. The summed E-state index contributed by atoms with van der Waals surface area (Å²) in [6.07, 6.45) is 0. The minimum Gasteiger partial charge on any atom is -0.353 e. The van der Waals surface area contributed by atoms with Crippen molar-refractivity contribution in [3.63, 3.8) is 0 Å². The first kappa shape index (κ1) is 14.2. The summed E-state index contributed by atoms with van der Waals surface area (Å²) in [6, 6.07) is 10.3. The third-order valence-corrected chi connectivity index (χ3v) is 3.39. The van der Waals surface area contributed by atoms with Gasteiger partial charge in [-0.05, 0) is 52.9 Å². The van der Waals surface area contributed by atoms with Crippen LogP contribution in [0.1, 0.15) is 5.56 Å². The molecule has 0 aromatic heterocycles. The summed E-state index contributed by atoms with van der Waals surface area (Å²) in [7, 11) is 0. The molecule has 0 aliphatic rings. The predicted octanol–water partition coefficient (Wildman–Crippen LogP) is 3.95. The van der Waals surface area contributed by atoms with Crippen molar-refractivity contribution < 1.29 is 9.31 Å². The Kier molecular flexibility index (Phi) is 4.14. The van der Waals surface area contributed by atoms with Gasteiger partial charge >= 0.3 is 0 Å². The fourth-order valence-electron chi connectivity index (χ4n) is 1.57. The Morgan fingerprint density at radius 2 is 2.05 bits per heavy atom. The molecule has 7 heteroatoms. The van der Waals surface area contributed by atoms with E-state index in [9.17, 15) is 14.5 Å². The van der Waals surface area contributed by atoms with Crippen LogP contribution in [0.4, 0.5) is 21.5 Å². The van der Waals surface area contributed by atoms with Gasteiger partial charge in [-0.25, -0.2) is 4.39 Å². The molecule has 5 nitrogen and oxygen atoms in total. The maximum Gasteiger partial charge on any atom is 0.282 e. The smallest absolute Gasteiger partial charge is 0.282 e. The second-order valence-electron chi connectivity index (χ2n) is 3.85. The lowest BCUT2D eigenvalue weighted by atomic mass is 10.2. The van der Waals surface area contributed by atoms with Crippen LogP contribution in [0.2, 0.25) is 0 Å². The first-order chi connectivity index (χ1) is 9.51. The van der Waals surface area contributed by atoms with Gasteiger partial charge in [0.05, 0.1) is 25.8 Å². The molecule has 0 radical (unpaired) electrons. The summed E-state index contributed by atoms with van der Waals surface area (Å²) in [4.78, 5) is 10.2. The van der Waals surface area contributed by atoms with Crippen LogP contribution in [0.25, 0.3) is 0 Å². The molecule has 0 unspecified atom stereocenters. The summed E-state index contributed by atoms with van der Waals surface area (Å²) in [5.41, 5.74) is 0.958. The van der Waals surface area contributed by atoms with Crippen molar-refractivity contribution in [2.75, 3.05) is 5.32 Å². The van der Waals surface area contributed by atoms with Crippen molar-refractivity contribution in [2.45, 2.75) is 0 Å². The summed E-state index contributed by atoms with van der Waals surface area (Å²) in [6.45, 7) is 0. The number of nitro benzene ring substituents is 1. The SMILES string of the molecule is N#Cc1ccc(Nc2ccc([N+](=O)[O-])c(I)c2)c(F)c1. The van der Waals surface area contributed by atoms with Crippen LogP contribution in [0.5, 0.6) is 0 Å². The van der Waals surface area contributed by atoms with Gasteiger partial charge < -0.3 is 5.32 Å². The van der Waals surface area contributed by atoms with Crippen molar-refractivity contribution in [1.29, 1.82) is 5.26 Å². The Balaban J connectivity index is 2.29. The molecule has 0 saturated carbocycles. The Hall–Kier alpha value is -2.21. The molecule has 0 heterocycles. The van der Waals surface area contributed by atoms with Crippen LogP contribution in [0.3, 0.4) is 0 Å². The lowest BCUT2D eigenvalue weighted by molar-refractivity contribution is -0.385. The fourth-order valence-corrected chi connectivity index (χ4v) is 2.29. The number of anilines is 2. The highest BCUT2D eigenvalue weighted by molar-refractivity contribution is 14.1. The van der Waals surface area contributed by atoms with Crippen LogP contribution in [0.15, 0.2) is 36.4 Å². The van der Waals surface area contributed by atoms with E-state index in [2.05, 4.69) is 5.32 Å². The van der Waals surface area contributed by atoms with Gasteiger partial charge in [0.2, 0.25) is 0 Å². The highest BCUT2D eigenvalue weighted by atomic mass is 127. The van der Waals surface area contributed by atoms with Crippen LogP contribution in [-0.2, 0) is 0 Å². The molecule has 0 fully saturated rings. The van der Waals surface area contributed by atoms with Gasteiger partial charge in [-0.2, -0.15) is 5.26 Å². The molecule has 0 saturated heterocycles. The lowest BCUT2D eigenvalue weighted by Gasteiger charge is -2.08. The van der Waals surface area contributed by atoms with Crippen molar-refractivity contribution in [3.8, 4) is 6.07 Å². The minimum atomic E-state index is -0.558. The van der Waals surface area contributed by atoms with Crippen LogP contribution >= 0.6 is 22.6 Å². The Morgan fingerprint density at radius 3 is 2.60 bits per heavy atom. The minimum absolute atomic E-state index is 0.00329. The number of nitriles is 1. The first-order valence-electron chi connectivity index (χ1n) is 5.42. The molecule has 2 aromatic carbocycles. The van der Waals surface area contributed by atoms with Crippen LogP contribution < -0.4 is 5.32 Å². The zero-order valence-corrected chi connectivity index (χ0v) is 12.1. The second kappa shape index (κ2) is 5.83. The molecule has 0 bridgehead atoms. The van der Waals surface area contributed by atoms with E-state index in [0.717, 1.165) is 6.07 Å². The van der Waals surface area contributed by atoms with E-state index in [1.54, 1.807) is 6.07 Å². The Bertz CT molecular complexity index is 728. The van der Waals surface area contributed by atoms with Crippen molar-refractivity contribution in [1.82, 2.24) is 0 Å². The number of rotatable bonds is 3. The average molecular weight is 383 g/mol. The molecular weight excluding hydrogens is 376 g/mol. The van der Waals surface area contributed by atoms with Gasteiger partial charge in [0.25, 0.3) is 5.69 Å². The van der Waals surface area contributed by atoms with Gasteiger partial charge in [-0.15, -0.1) is 0 Å². The van der Waals surface area contributed by atoms with Gasteiger partial charge in [0.15, 0.2) is 0 Å². The lowest BCUT2D eigenvalue weighted by Crippen LogP contribution is -1.97. The number of nitrogens with one attached hydrogen (secondary N) is 1. The normalized spacial score (nSPS) is 9.85. The number of benzene rings is 2. The standard InChI is InChI=1S/C13H7FIN3O2/c14-10-5-8(7-16)1-3-12(10)17-9-2-4-13(18(19)20)11(15)6-9/h1-6,17H. The topological polar surface area (TPSA) is 79.0 Å². The molecule has 0 spiro atoms. The molecule has 20 heavy (non-hydrogen) atoms. The molecule has 2 rings (SSSR count). The van der Waals surface area contributed by atoms with E-state index < -0.39 is 10.7 Å². The van der Waals surface area contributed by atoms with E-state index in [1.165, 1.54) is 24.3 Å². The van der Waals surface area contributed by atoms with Crippen LogP contribution in [0, 0.1) is 30.8 Å². The molecule has 1 N–H and O–H groups in total. The predicted molar refractivity (Wildman–Crippen MR) is 80.2 cm³/mol. The summed E-state index contributed by atoms with van der Waals surface area (Å²) in [5.74, 6) is -0.558. The van der Waals surface area contributed by atoms with E-state index in [-0.39, 0.29) is 16.9 Å². The van der Waals surface area contributed by atoms with Crippen LogP contribution in [-0.4, -0.2) is 4.92 Å². The molecule has 0 aliphatic heterocycles. The van der Waals surface area contributed by atoms with E-state index in [1.807, 2.05) is 28.7 Å². The monoisotopic (exact) mass is 383 g/mol. The summed E-state index contributed by atoms with van der Waals surface area (Å²) >= 11 is 1.85. The highest BCUT2D eigenvalue weighted by Crippen LogP contribution is 2.27. The molecule has 2 aromatic rings. The number of nitro groups is 1. The van der Waals surface area contributed by atoms with E-state index in [0.29, 0.717) is 9.26 Å². The molecule has 100 valence electrons. The van der Waals surface area contributed by atoms with Crippen molar-refractivity contribution in [2.24, 2.45) is 0 Å². The third kappa shape index (κ3) is 3.03. The first-order valence-corrected chi connectivity index (χ1v) is 6.50. The van der Waals surface area contributed by atoms with Gasteiger partial charge in [-0.3, -0.25) is 10.1 Å². The Labute approximate surface area is 127 Å². The van der Waals surface area contributed by atoms with Gasteiger partial charge in [0.1, 0.15) is 5.82 Å². The zero-order chi connectivity index (χ0) is 14.7. The molecule has 0 aliphatic carbocycles. The van der Waals surface area contributed by atoms with Crippen molar-refractivity contribution >= 4 is 39.7 Å². The average Bonchev–Trinajstić information content (AvgIpc) is 2.40. The maximum atomic E-state index is 13.7. The summed E-state index contributed by atoms with van der Waals surface area (Å²) in [5, 5.41) is 22.2. The fraction of sp³-hybridized carbons (Fsp3) is 0. The van der Waals surface area contributed by atoms with Gasteiger partial charge in [-0.1, -0.05) is 0 Å². The quantitative estimate of drug-likeness (QED) is 0.495. The molecule has 0 atom stereocenters. The molecular formula is C13H7FIN3O2. The summed E-state index contributed by atoms with van der Waals surface area (Å²) < 4.78 is 14.2. The van der Waals surface area contributed by atoms with E-state index >= 15 is 0 Å². The highest BCUT2D eigenvalue weighted by Gasteiger charge is 2.12. The number of hydrogen-bond acceptors (Lipinski definition) is 4. The van der Waals surface area contributed by atoms with Crippen molar-refractivity contribution in [3.05, 3.63) is 61.5 Å². The maximum absolute atomic E-state index is 13.7. The van der Waals surface area contributed by atoms with E-state index in [4.69, 9.17) is 5.26 Å². The molecule has 0 amide bonds. The van der Waals surface area contributed by atoms with Gasteiger partial charge in [0, 0.05) is 11.8 Å². The largest absolute Gasteiger partial charge is 0.353 e. The third-order valence-electron chi connectivity index (χ3n) is 2.52. The number of halogens is 2. The second-order valence-corrected chi connectivity index (χ2v) is 5.02. The Morgan fingerprint density at radius 1 is 1.30 bits per heavy atom. The number of hydrogen-bond donors (Lipinski definition) is 1. The number of nitrogens with zero attached hydrogens (tertiary/aromatic N) is 2.